The van der Waals surface area contributed by atoms with Gasteiger partial charge in [0.05, 0.1) is 18.8 Å². The highest BCUT2D eigenvalue weighted by Gasteiger charge is 2.29. The van der Waals surface area contributed by atoms with Crippen molar-refractivity contribution in [3.05, 3.63) is 29.3 Å². The molecule has 0 fully saturated rings. The van der Waals surface area contributed by atoms with E-state index in [-0.39, 0.29) is 19.1 Å². The summed E-state index contributed by atoms with van der Waals surface area (Å²) >= 11 is 0. The van der Waals surface area contributed by atoms with E-state index in [1.165, 1.54) is 0 Å². The van der Waals surface area contributed by atoms with Gasteiger partial charge in [0.2, 0.25) is 0 Å². The number of nitrogen functional groups attached to an aromatic ring is 1. The van der Waals surface area contributed by atoms with Crippen molar-refractivity contribution in [3.8, 4) is 0 Å². The molecule has 5 N–H and O–H groups in total. The molecule has 1 aromatic rings. The number of aliphatic hydroxyl groups excluding tert-OH is 2. The molecule has 5 nitrogen and oxygen atoms in total. The van der Waals surface area contributed by atoms with Gasteiger partial charge in [-0.3, -0.25) is 4.79 Å². The lowest BCUT2D eigenvalue weighted by atomic mass is 9.97. The minimum atomic E-state index is -0.992. The van der Waals surface area contributed by atoms with Crippen molar-refractivity contribution in [1.29, 1.82) is 0 Å². The molecule has 100 valence electrons. The van der Waals surface area contributed by atoms with E-state index in [1.54, 1.807) is 32.0 Å². The number of nitrogens with two attached hydrogens (primary N) is 1. The molecule has 0 aliphatic rings. The summed E-state index contributed by atoms with van der Waals surface area (Å²) in [6.45, 7) is 2.97. The molecule has 0 atom stereocenters. The van der Waals surface area contributed by atoms with Gasteiger partial charge in [0.25, 0.3) is 5.91 Å². The van der Waals surface area contributed by atoms with E-state index in [9.17, 15) is 15.0 Å². The molecule has 0 spiro atoms. The first-order valence-corrected chi connectivity index (χ1v) is 5.88. The fourth-order valence-corrected chi connectivity index (χ4v) is 1.63. The third-order valence-corrected chi connectivity index (χ3v) is 3.17. The number of nitrogens with one attached hydrogen (secondary N) is 1. The molecule has 1 amide bonds. The van der Waals surface area contributed by atoms with Crippen LogP contribution < -0.4 is 11.1 Å². The van der Waals surface area contributed by atoms with Crippen LogP contribution in [0, 0.1) is 6.92 Å². The Labute approximate surface area is 107 Å². The van der Waals surface area contributed by atoms with Crippen LogP contribution in [0.4, 0.5) is 5.69 Å². The van der Waals surface area contributed by atoms with Gasteiger partial charge in [-0.05, 0) is 31.0 Å². The van der Waals surface area contributed by atoms with Crippen LogP contribution in [0.5, 0.6) is 0 Å². The maximum atomic E-state index is 12.1. The number of amides is 1. The number of aliphatic hydroxyl groups is 2. The second kappa shape index (κ2) is 5.84. The second-order valence-electron chi connectivity index (χ2n) is 4.48. The van der Waals surface area contributed by atoms with Crippen LogP contribution in [-0.2, 0) is 0 Å². The van der Waals surface area contributed by atoms with Crippen molar-refractivity contribution in [2.24, 2.45) is 0 Å². The molecule has 0 heterocycles. The topological polar surface area (TPSA) is 95.6 Å². The van der Waals surface area contributed by atoms with E-state index >= 15 is 0 Å². The van der Waals surface area contributed by atoms with Gasteiger partial charge < -0.3 is 21.3 Å². The molecular weight excluding hydrogens is 232 g/mol. The van der Waals surface area contributed by atoms with E-state index in [0.717, 1.165) is 5.56 Å². The first-order chi connectivity index (χ1) is 8.48. The SMILES string of the molecule is CCC(CO)(CO)NC(=O)c1cc(N)ccc1C. The Hall–Kier alpha value is -1.59. The summed E-state index contributed by atoms with van der Waals surface area (Å²) in [6.07, 6.45) is 0.438. The van der Waals surface area contributed by atoms with Crippen molar-refractivity contribution in [2.75, 3.05) is 18.9 Å². The van der Waals surface area contributed by atoms with Gasteiger partial charge >= 0.3 is 0 Å². The predicted molar refractivity (Wildman–Crippen MR) is 70.3 cm³/mol. The lowest BCUT2D eigenvalue weighted by Crippen LogP contribution is -2.53. The Balaban J connectivity index is 2.97. The van der Waals surface area contributed by atoms with Gasteiger partial charge in [-0.2, -0.15) is 0 Å². The highest BCUT2D eigenvalue weighted by molar-refractivity contribution is 5.97. The second-order valence-corrected chi connectivity index (χ2v) is 4.48. The van der Waals surface area contributed by atoms with E-state index in [2.05, 4.69) is 5.32 Å². The third kappa shape index (κ3) is 3.00. The number of aryl methyl sites for hydroxylation is 1. The van der Waals surface area contributed by atoms with Crippen LogP contribution in [0.15, 0.2) is 18.2 Å². The molecule has 1 rings (SSSR count). The number of hydrogen-bond donors (Lipinski definition) is 4. The van der Waals surface area contributed by atoms with Crippen LogP contribution in [-0.4, -0.2) is 34.9 Å². The van der Waals surface area contributed by atoms with Crippen molar-refractivity contribution in [2.45, 2.75) is 25.8 Å². The zero-order chi connectivity index (χ0) is 13.8. The minimum Gasteiger partial charge on any atom is -0.399 e. The quantitative estimate of drug-likeness (QED) is 0.572. The normalized spacial score (nSPS) is 11.3. The summed E-state index contributed by atoms with van der Waals surface area (Å²) in [5.41, 5.74) is 6.40. The van der Waals surface area contributed by atoms with Crippen molar-refractivity contribution in [3.63, 3.8) is 0 Å². The highest BCUT2D eigenvalue weighted by atomic mass is 16.3. The van der Waals surface area contributed by atoms with Gasteiger partial charge in [-0.15, -0.1) is 0 Å². The molecule has 0 saturated carbocycles. The lowest BCUT2D eigenvalue weighted by Gasteiger charge is -2.30. The van der Waals surface area contributed by atoms with Crippen molar-refractivity contribution < 1.29 is 15.0 Å². The fourth-order valence-electron chi connectivity index (χ4n) is 1.63. The van der Waals surface area contributed by atoms with Crippen LogP contribution in [0.2, 0.25) is 0 Å². The number of carbonyl (C=O) groups is 1. The van der Waals surface area contributed by atoms with Gasteiger partial charge in [-0.1, -0.05) is 13.0 Å². The van der Waals surface area contributed by atoms with Crippen molar-refractivity contribution in [1.82, 2.24) is 5.32 Å². The van der Waals surface area contributed by atoms with Crippen LogP contribution in [0.3, 0.4) is 0 Å². The average molecular weight is 252 g/mol. The molecule has 0 radical (unpaired) electrons. The first-order valence-electron chi connectivity index (χ1n) is 5.88. The first kappa shape index (κ1) is 14.5. The number of carbonyl (C=O) groups excluding carboxylic acids is 1. The van der Waals surface area contributed by atoms with Crippen LogP contribution in [0.1, 0.15) is 29.3 Å². The molecule has 5 heteroatoms. The zero-order valence-corrected chi connectivity index (χ0v) is 10.7. The molecule has 0 bridgehead atoms. The van der Waals surface area contributed by atoms with Gasteiger partial charge in [0, 0.05) is 11.3 Å². The van der Waals surface area contributed by atoms with E-state index in [1.807, 2.05) is 0 Å². The van der Waals surface area contributed by atoms with Crippen LogP contribution in [0.25, 0.3) is 0 Å². The Morgan fingerprint density at radius 3 is 2.50 bits per heavy atom. The Bertz CT molecular complexity index is 420. The molecule has 0 aromatic heterocycles. The molecule has 0 aliphatic carbocycles. The summed E-state index contributed by atoms with van der Waals surface area (Å²) in [4.78, 5) is 12.1. The largest absolute Gasteiger partial charge is 0.399 e. The number of anilines is 1. The Kier molecular flexibility index (Phi) is 4.69. The summed E-state index contributed by atoms with van der Waals surface area (Å²) in [7, 11) is 0. The lowest BCUT2D eigenvalue weighted by molar-refractivity contribution is 0.0652. The molecule has 0 aliphatic heterocycles. The molecule has 18 heavy (non-hydrogen) atoms. The maximum absolute atomic E-state index is 12.1. The number of hydrogen-bond acceptors (Lipinski definition) is 4. The monoisotopic (exact) mass is 252 g/mol. The smallest absolute Gasteiger partial charge is 0.252 e. The third-order valence-electron chi connectivity index (χ3n) is 3.17. The summed E-state index contributed by atoms with van der Waals surface area (Å²) in [6, 6.07) is 5.06. The molecule has 0 saturated heterocycles. The molecular formula is C13H20N2O3. The van der Waals surface area contributed by atoms with E-state index < -0.39 is 5.54 Å². The maximum Gasteiger partial charge on any atom is 0.252 e. The average Bonchev–Trinajstić information content (AvgIpc) is 2.38. The molecule has 1 aromatic carbocycles. The van der Waals surface area contributed by atoms with Crippen molar-refractivity contribution >= 4 is 11.6 Å². The summed E-state index contributed by atoms with van der Waals surface area (Å²) in [5.74, 6) is -0.343. The summed E-state index contributed by atoms with van der Waals surface area (Å²) < 4.78 is 0. The number of benzene rings is 1. The Morgan fingerprint density at radius 2 is 2.00 bits per heavy atom. The van der Waals surface area contributed by atoms with E-state index in [0.29, 0.717) is 17.7 Å². The zero-order valence-electron chi connectivity index (χ0n) is 10.7. The highest BCUT2D eigenvalue weighted by Crippen LogP contribution is 2.15. The molecule has 0 unspecified atom stereocenters. The van der Waals surface area contributed by atoms with Crippen LogP contribution >= 0.6 is 0 Å². The Morgan fingerprint density at radius 1 is 1.39 bits per heavy atom. The standard InChI is InChI=1S/C13H20N2O3/c1-3-13(7-16,8-17)15-12(18)11-6-10(14)5-4-9(11)2/h4-6,16-17H,3,7-8,14H2,1-2H3,(H,15,18). The number of rotatable bonds is 5. The minimum absolute atomic E-state index is 0.312. The van der Waals surface area contributed by atoms with Gasteiger partial charge in [0.1, 0.15) is 0 Å². The van der Waals surface area contributed by atoms with Gasteiger partial charge in [0.15, 0.2) is 0 Å². The van der Waals surface area contributed by atoms with E-state index in [4.69, 9.17) is 5.73 Å². The van der Waals surface area contributed by atoms with Gasteiger partial charge in [-0.25, -0.2) is 0 Å². The predicted octanol–water partition coefficient (Wildman–Crippen LogP) is 0.440. The fraction of sp³-hybridized carbons (Fsp3) is 0.462. The summed E-state index contributed by atoms with van der Waals surface area (Å²) in [5, 5.41) is 21.3.